The van der Waals surface area contributed by atoms with Crippen LogP contribution < -0.4 is 10.6 Å². The van der Waals surface area contributed by atoms with Gasteiger partial charge in [0.05, 0.1) is 22.5 Å². The first-order valence-electron chi connectivity index (χ1n) is 19.8. The summed E-state index contributed by atoms with van der Waals surface area (Å²) < 4.78 is 2.44. The van der Waals surface area contributed by atoms with E-state index in [0.717, 1.165) is 22.5 Å². The molecule has 1 aliphatic rings. The molecule has 0 amide bonds. The molecule has 0 fully saturated rings. The molecule has 1 aromatic heterocycles. The van der Waals surface area contributed by atoms with Gasteiger partial charge in [-0.2, -0.15) is 0 Å². The molecule has 0 bridgehead atoms. The van der Waals surface area contributed by atoms with Crippen LogP contribution >= 0.6 is 0 Å². The number of nitrogens with zero attached hydrogens (tertiary/aromatic N) is 1. The van der Waals surface area contributed by atoms with E-state index in [-0.39, 0.29) is 12.2 Å². The van der Waals surface area contributed by atoms with E-state index in [1.165, 1.54) is 60.8 Å². The van der Waals surface area contributed by atoms with Crippen molar-refractivity contribution in [2.45, 2.75) is 24.5 Å². The van der Waals surface area contributed by atoms with Gasteiger partial charge in [0.15, 0.2) is 0 Å². The Balaban J connectivity index is 1.14. The summed E-state index contributed by atoms with van der Waals surface area (Å²) in [7, 11) is 0. The first kappa shape index (κ1) is 34.5. The molecule has 0 aliphatic heterocycles. The molecule has 8 aromatic carbocycles. The van der Waals surface area contributed by atoms with Gasteiger partial charge in [0.1, 0.15) is 6.17 Å². The number of fused-ring (bicyclic) bond motifs is 6. The average Bonchev–Trinajstić information content (AvgIpc) is 3.75. The number of para-hydroxylation sites is 1. The highest BCUT2D eigenvalue weighted by Gasteiger charge is 2.46. The van der Waals surface area contributed by atoms with Gasteiger partial charge in [-0.3, -0.25) is 5.32 Å². The molecule has 0 radical (unpaired) electrons. The van der Waals surface area contributed by atoms with Crippen molar-refractivity contribution in [1.82, 2.24) is 9.88 Å². The number of hydrogen-bond acceptors (Lipinski definition) is 2. The molecule has 274 valence electrons. The Bertz CT molecular complexity index is 2840. The van der Waals surface area contributed by atoms with Crippen LogP contribution in [0.1, 0.15) is 52.5 Å². The quantitative estimate of drug-likeness (QED) is 0.108. The molecule has 1 aliphatic carbocycles. The van der Waals surface area contributed by atoms with Crippen LogP contribution in [0.5, 0.6) is 0 Å². The Morgan fingerprint density at radius 1 is 0.509 bits per heavy atom. The van der Waals surface area contributed by atoms with Crippen molar-refractivity contribution in [3.05, 3.63) is 252 Å². The van der Waals surface area contributed by atoms with Crippen LogP contribution in [0.4, 0.5) is 5.69 Å². The van der Waals surface area contributed by atoms with Crippen molar-refractivity contribution >= 4 is 27.5 Å². The van der Waals surface area contributed by atoms with E-state index in [1.54, 1.807) is 0 Å². The summed E-state index contributed by atoms with van der Waals surface area (Å²) in [6.07, 6.45) is -0.176. The minimum Gasteiger partial charge on any atom is -0.366 e. The SMILES string of the molecule is C=C(C)C(NC(Nc1cccc(-n2c3ccccc3c3cc4c(cc32)-c2ccccc2C4(c2ccccc2)c2ccccc2)c1)c1ccccc1)c1ccccc1. The largest absolute Gasteiger partial charge is 0.366 e. The Morgan fingerprint density at radius 2 is 1.11 bits per heavy atom. The maximum absolute atomic E-state index is 4.38. The van der Waals surface area contributed by atoms with Gasteiger partial charge >= 0.3 is 0 Å². The van der Waals surface area contributed by atoms with Gasteiger partial charge in [0, 0.05) is 22.1 Å². The van der Waals surface area contributed by atoms with Gasteiger partial charge in [0.2, 0.25) is 0 Å². The number of anilines is 1. The third kappa shape index (κ3) is 5.78. The number of hydrogen-bond donors (Lipinski definition) is 2. The van der Waals surface area contributed by atoms with Crippen LogP contribution in [0.2, 0.25) is 0 Å². The fourth-order valence-corrected chi connectivity index (χ4v) is 9.28. The minimum atomic E-state index is -0.462. The van der Waals surface area contributed by atoms with Crippen LogP contribution in [0.15, 0.2) is 218 Å². The van der Waals surface area contributed by atoms with Gasteiger partial charge in [-0.25, -0.2) is 0 Å². The third-order valence-corrected chi connectivity index (χ3v) is 11.8. The van der Waals surface area contributed by atoms with E-state index in [0.29, 0.717) is 0 Å². The minimum absolute atomic E-state index is 0.0340. The van der Waals surface area contributed by atoms with E-state index in [4.69, 9.17) is 0 Å². The second-order valence-corrected chi connectivity index (χ2v) is 15.2. The molecular formula is C54H43N3. The second kappa shape index (κ2) is 14.3. The Morgan fingerprint density at radius 3 is 1.79 bits per heavy atom. The smallest absolute Gasteiger partial charge is 0.104 e. The zero-order valence-corrected chi connectivity index (χ0v) is 31.9. The summed E-state index contributed by atoms with van der Waals surface area (Å²) >= 11 is 0. The summed E-state index contributed by atoms with van der Waals surface area (Å²) in [6.45, 7) is 6.47. The first-order chi connectivity index (χ1) is 28.1. The molecule has 57 heavy (non-hydrogen) atoms. The lowest BCUT2D eigenvalue weighted by atomic mass is 9.67. The van der Waals surface area contributed by atoms with E-state index in [1.807, 2.05) is 0 Å². The summed E-state index contributed by atoms with van der Waals surface area (Å²) in [5.41, 5.74) is 15.1. The molecule has 0 saturated carbocycles. The summed E-state index contributed by atoms with van der Waals surface area (Å²) in [5, 5.41) is 10.3. The molecular weight excluding hydrogens is 691 g/mol. The van der Waals surface area contributed by atoms with Crippen molar-refractivity contribution < 1.29 is 0 Å². The topological polar surface area (TPSA) is 29.0 Å². The van der Waals surface area contributed by atoms with Crippen molar-refractivity contribution in [3.63, 3.8) is 0 Å². The van der Waals surface area contributed by atoms with Gasteiger partial charge in [-0.1, -0.05) is 182 Å². The number of benzene rings is 8. The van der Waals surface area contributed by atoms with E-state index < -0.39 is 5.41 Å². The number of nitrogens with one attached hydrogen (secondary N) is 2. The molecule has 0 saturated heterocycles. The molecule has 9 aromatic rings. The molecule has 3 heteroatoms. The number of rotatable bonds is 10. The number of aromatic nitrogens is 1. The first-order valence-corrected chi connectivity index (χ1v) is 19.8. The van der Waals surface area contributed by atoms with E-state index in [9.17, 15) is 0 Å². The highest BCUT2D eigenvalue weighted by molar-refractivity contribution is 6.12. The standard InChI is InChI=1S/C54H43N3/c1-37(2)52(38-20-7-3-8-21-38)56-53(39-22-9-4-10-23-39)55-42-28-19-29-43(34-42)57-50-33-18-16-31-45(50)47-35-49-46(36-51(47)57)44-30-15-17-32-48(44)54(49,40-24-11-5-12-25-40)41-26-13-6-14-27-41/h3-36,52-53,55-56H,1H2,2H3. The van der Waals surface area contributed by atoms with Crippen LogP contribution in [0.3, 0.4) is 0 Å². The highest BCUT2D eigenvalue weighted by atomic mass is 15.1. The van der Waals surface area contributed by atoms with Gasteiger partial charge in [-0.05, 0) is 87.8 Å². The molecule has 0 spiro atoms. The van der Waals surface area contributed by atoms with Crippen molar-refractivity contribution in [1.29, 1.82) is 0 Å². The maximum Gasteiger partial charge on any atom is 0.104 e. The van der Waals surface area contributed by atoms with Crippen molar-refractivity contribution in [2.24, 2.45) is 0 Å². The van der Waals surface area contributed by atoms with Crippen LogP contribution in [-0.2, 0) is 5.41 Å². The maximum atomic E-state index is 4.38. The fourth-order valence-electron chi connectivity index (χ4n) is 9.28. The predicted octanol–water partition coefficient (Wildman–Crippen LogP) is 13.2. The monoisotopic (exact) mass is 733 g/mol. The lowest BCUT2D eigenvalue weighted by Crippen LogP contribution is -2.32. The summed E-state index contributed by atoms with van der Waals surface area (Å²) in [6, 6.07) is 74.8. The normalized spacial score (nSPS) is 13.8. The van der Waals surface area contributed by atoms with Gasteiger partial charge in [-0.15, -0.1) is 0 Å². The molecule has 2 N–H and O–H groups in total. The lowest BCUT2D eigenvalue weighted by molar-refractivity contribution is 0.520. The molecule has 10 rings (SSSR count). The molecule has 2 unspecified atom stereocenters. The average molecular weight is 734 g/mol. The summed E-state index contributed by atoms with van der Waals surface area (Å²) in [4.78, 5) is 0. The van der Waals surface area contributed by atoms with E-state index >= 15 is 0 Å². The zero-order valence-electron chi connectivity index (χ0n) is 31.9. The molecule has 3 nitrogen and oxygen atoms in total. The second-order valence-electron chi connectivity index (χ2n) is 15.2. The van der Waals surface area contributed by atoms with Gasteiger partial charge < -0.3 is 9.88 Å². The van der Waals surface area contributed by atoms with E-state index in [2.05, 4.69) is 235 Å². The molecule has 2 atom stereocenters. The van der Waals surface area contributed by atoms with Crippen molar-refractivity contribution in [3.8, 4) is 16.8 Å². The Labute approximate surface area is 334 Å². The van der Waals surface area contributed by atoms with Gasteiger partial charge in [0.25, 0.3) is 0 Å². The van der Waals surface area contributed by atoms with Crippen LogP contribution in [0.25, 0.3) is 38.6 Å². The van der Waals surface area contributed by atoms with Crippen LogP contribution in [-0.4, -0.2) is 4.57 Å². The fraction of sp³-hybridized carbons (Fsp3) is 0.0741. The molecule has 1 heterocycles. The predicted molar refractivity (Wildman–Crippen MR) is 238 cm³/mol. The highest BCUT2D eigenvalue weighted by Crippen LogP contribution is 2.57. The Hall–Kier alpha value is -6.94. The Kier molecular flexibility index (Phi) is 8.66. The third-order valence-electron chi connectivity index (χ3n) is 11.8. The van der Waals surface area contributed by atoms with Crippen LogP contribution in [0, 0.1) is 0 Å². The van der Waals surface area contributed by atoms with Crippen molar-refractivity contribution in [2.75, 3.05) is 5.32 Å². The lowest BCUT2D eigenvalue weighted by Gasteiger charge is -2.34. The summed E-state index contributed by atoms with van der Waals surface area (Å²) in [5.74, 6) is 0. The zero-order chi connectivity index (χ0) is 38.3.